The zero-order chi connectivity index (χ0) is 46.7. The number of carbonyl (C=O) groups is 1. The van der Waals surface area contributed by atoms with E-state index in [1.54, 1.807) is 14.2 Å². The molecular weight excluding hydrogens is 878 g/mol. The van der Waals surface area contributed by atoms with E-state index in [9.17, 15) is 4.79 Å². The van der Waals surface area contributed by atoms with Crippen LogP contribution in [0.4, 0.5) is 4.79 Å². The topological polar surface area (TPSA) is 87.7 Å². The quantitative estimate of drug-likeness (QED) is 0.0316. The van der Waals surface area contributed by atoms with Crippen molar-refractivity contribution in [2.75, 3.05) is 40.6 Å². The summed E-state index contributed by atoms with van der Waals surface area (Å²) in [6, 6.07) is 41.7. The Morgan fingerprint density at radius 1 is 0.600 bits per heavy atom. The number of methoxy groups -OCH3 is 2. The van der Waals surface area contributed by atoms with Gasteiger partial charge in [-0.15, -0.1) is 0 Å². The van der Waals surface area contributed by atoms with Crippen LogP contribution in [0.5, 0.6) is 11.5 Å². The predicted octanol–water partition coefficient (Wildman–Crippen LogP) is 14.1. The van der Waals surface area contributed by atoms with Crippen molar-refractivity contribution in [2.24, 2.45) is 0 Å². The molecule has 350 valence electrons. The SMILES string of the molecule is CCCOP(OCCCCCCNC(=O)OC(CCCOC(c1ccccc1)(c1ccc(OC)cc1)c1ccc(OC)cc1)(c1ccc(Cl)cc1)c1ccc(Cl)cc1)N(C(C)C)C(C)C. The number of nitrogens with zero attached hydrogens (tertiary/aromatic N) is 1. The van der Waals surface area contributed by atoms with Crippen LogP contribution in [0.15, 0.2) is 127 Å². The highest BCUT2D eigenvalue weighted by atomic mass is 35.5. The highest BCUT2D eigenvalue weighted by molar-refractivity contribution is 7.44. The molecule has 1 amide bonds. The van der Waals surface area contributed by atoms with E-state index in [-0.39, 0.29) is 0 Å². The van der Waals surface area contributed by atoms with Crippen LogP contribution < -0.4 is 14.8 Å². The first-order chi connectivity index (χ1) is 31.5. The first-order valence-electron chi connectivity index (χ1n) is 22.8. The van der Waals surface area contributed by atoms with Crippen molar-refractivity contribution < 1.29 is 32.8 Å². The van der Waals surface area contributed by atoms with Crippen LogP contribution in [0.3, 0.4) is 0 Å². The van der Waals surface area contributed by atoms with Gasteiger partial charge in [-0.3, -0.25) is 0 Å². The van der Waals surface area contributed by atoms with Gasteiger partial charge in [0.25, 0.3) is 8.53 Å². The minimum absolute atomic E-state index is 0.296. The third kappa shape index (κ3) is 14.2. The highest BCUT2D eigenvalue weighted by Gasteiger charge is 2.41. The normalized spacial score (nSPS) is 12.4. The van der Waals surface area contributed by atoms with E-state index in [1.165, 1.54) is 0 Å². The van der Waals surface area contributed by atoms with E-state index in [2.05, 4.69) is 56.7 Å². The number of carbonyl (C=O) groups excluding carboxylic acids is 1. The molecule has 0 heterocycles. The van der Waals surface area contributed by atoms with Gasteiger partial charge in [0, 0.05) is 46.4 Å². The number of amides is 1. The summed E-state index contributed by atoms with van der Waals surface area (Å²) >= 11 is 12.9. The van der Waals surface area contributed by atoms with Gasteiger partial charge < -0.3 is 33.3 Å². The summed E-state index contributed by atoms with van der Waals surface area (Å²) in [6.07, 6.45) is 4.91. The second-order valence-corrected chi connectivity index (χ2v) is 18.8. The summed E-state index contributed by atoms with van der Waals surface area (Å²) in [4.78, 5) is 14.0. The second-order valence-electron chi connectivity index (χ2n) is 16.5. The number of alkyl carbamates (subject to hydrolysis) is 1. The van der Waals surface area contributed by atoms with Crippen molar-refractivity contribution in [1.82, 2.24) is 9.99 Å². The lowest BCUT2D eigenvalue weighted by Crippen LogP contribution is -2.39. The van der Waals surface area contributed by atoms with Crippen LogP contribution in [-0.2, 0) is 29.7 Å². The minimum atomic E-state index is -1.21. The molecule has 0 radical (unpaired) electrons. The molecule has 5 rings (SSSR count). The van der Waals surface area contributed by atoms with Crippen molar-refractivity contribution in [2.45, 2.75) is 103 Å². The third-order valence-electron chi connectivity index (χ3n) is 11.2. The molecule has 0 fully saturated rings. The van der Waals surface area contributed by atoms with Crippen LogP contribution in [0.1, 0.15) is 107 Å². The maximum absolute atomic E-state index is 14.0. The van der Waals surface area contributed by atoms with Gasteiger partial charge in [-0.2, -0.15) is 0 Å². The van der Waals surface area contributed by atoms with E-state index >= 15 is 0 Å². The molecule has 0 aliphatic heterocycles. The Balaban J connectivity index is 1.34. The van der Waals surface area contributed by atoms with Crippen molar-refractivity contribution in [1.29, 1.82) is 0 Å². The van der Waals surface area contributed by atoms with Gasteiger partial charge >= 0.3 is 6.09 Å². The molecule has 0 aliphatic rings. The standard InChI is InChI=1S/C53H67Cl2N2O7P/c1-8-37-62-65(57(40(2)3)41(4)5)63-39-15-10-9-14-36-56-51(58)64-52(42-19-27-47(54)28-20-42,43-21-29-48(55)30-22-43)35-16-38-61-53(44-17-12-11-13-18-44,45-23-31-49(59-6)32-24-45)46-25-33-50(60-7)34-26-46/h11-13,17-34,40-41H,8-10,14-16,35-39H2,1-7H3,(H,56,58). The number of ether oxygens (including phenoxy) is 4. The highest BCUT2D eigenvalue weighted by Crippen LogP contribution is 2.47. The van der Waals surface area contributed by atoms with Gasteiger partial charge in [0.2, 0.25) is 0 Å². The first kappa shape index (κ1) is 51.8. The Bertz CT molecular complexity index is 2020. The zero-order valence-electron chi connectivity index (χ0n) is 39.1. The molecule has 0 aliphatic carbocycles. The molecule has 9 nitrogen and oxygen atoms in total. The van der Waals surface area contributed by atoms with Crippen LogP contribution >= 0.6 is 31.7 Å². The maximum atomic E-state index is 14.0. The number of benzene rings is 5. The van der Waals surface area contributed by atoms with Gasteiger partial charge in [0.1, 0.15) is 17.1 Å². The van der Waals surface area contributed by atoms with Gasteiger partial charge in [0.15, 0.2) is 5.60 Å². The number of nitrogens with one attached hydrogen (secondary N) is 1. The number of halogens is 2. The van der Waals surface area contributed by atoms with E-state index in [0.717, 1.165) is 71.4 Å². The summed E-state index contributed by atoms with van der Waals surface area (Å²) in [5.41, 5.74) is 2.12. The second kappa shape index (κ2) is 26.2. The van der Waals surface area contributed by atoms with Gasteiger partial charge in [-0.25, -0.2) is 9.46 Å². The molecule has 12 heteroatoms. The summed E-state index contributed by atoms with van der Waals surface area (Å²) < 4.78 is 39.8. The largest absolute Gasteiger partial charge is 0.497 e. The molecule has 0 aromatic heterocycles. The number of unbranched alkanes of at least 4 members (excludes halogenated alkanes) is 3. The fraction of sp³-hybridized carbons (Fsp3) is 0.415. The molecule has 0 saturated heterocycles. The van der Waals surface area contributed by atoms with Crippen LogP contribution in [0.2, 0.25) is 10.0 Å². The lowest BCUT2D eigenvalue weighted by Gasteiger charge is -2.38. The lowest BCUT2D eigenvalue weighted by molar-refractivity contribution is -0.00900. The Morgan fingerprint density at radius 3 is 1.57 bits per heavy atom. The molecule has 1 N–H and O–H groups in total. The average Bonchev–Trinajstić information content (AvgIpc) is 3.32. The zero-order valence-corrected chi connectivity index (χ0v) is 41.5. The van der Waals surface area contributed by atoms with E-state index in [4.69, 9.17) is 51.2 Å². The van der Waals surface area contributed by atoms with Crippen molar-refractivity contribution in [3.05, 3.63) is 165 Å². The van der Waals surface area contributed by atoms with Crippen LogP contribution in [0.25, 0.3) is 0 Å². The minimum Gasteiger partial charge on any atom is -0.497 e. The Labute approximate surface area is 399 Å². The van der Waals surface area contributed by atoms with Crippen molar-refractivity contribution >= 4 is 37.8 Å². The van der Waals surface area contributed by atoms with E-state index in [0.29, 0.717) is 61.3 Å². The Morgan fingerprint density at radius 2 is 1.08 bits per heavy atom. The smallest absolute Gasteiger partial charge is 0.408 e. The Hall–Kier alpha value is -4.18. The van der Waals surface area contributed by atoms with E-state index < -0.39 is 25.8 Å². The summed E-state index contributed by atoms with van der Waals surface area (Å²) in [7, 11) is 2.19. The van der Waals surface area contributed by atoms with Gasteiger partial charge in [-0.05, 0) is 125 Å². The van der Waals surface area contributed by atoms with Crippen molar-refractivity contribution in [3.8, 4) is 11.5 Å². The molecule has 5 aromatic carbocycles. The molecule has 0 bridgehead atoms. The van der Waals surface area contributed by atoms with Crippen LogP contribution in [-0.4, -0.2) is 63.4 Å². The molecular formula is C53H67Cl2N2O7P. The first-order valence-corrected chi connectivity index (χ1v) is 24.7. The molecule has 65 heavy (non-hydrogen) atoms. The predicted molar refractivity (Wildman–Crippen MR) is 265 cm³/mol. The van der Waals surface area contributed by atoms with Crippen molar-refractivity contribution in [3.63, 3.8) is 0 Å². The number of hydrogen-bond acceptors (Lipinski definition) is 8. The summed E-state index contributed by atoms with van der Waals surface area (Å²) in [6.45, 7) is 12.9. The molecule has 1 unspecified atom stereocenters. The average molecular weight is 946 g/mol. The molecule has 0 spiro atoms. The lowest BCUT2D eigenvalue weighted by atomic mass is 9.79. The summed E-state index contributed by atoms with van der Waals surface area (Å²) in [5.74, 6) is 1.48. The maximum Gasteiger partial charge on any atom is 0.408 e. The Kier molecular flexibility index (Phi) is 20.9. The molecule has 5 aromatic rings. The molecule has 1 atom stereocenters. The fourth-order valence-electron chi connectivity index (χ4n) is 8.10. The number of rotatable bonds is 27. The van der Waals surface area contributed by atoms with E-state index in [1.807, 2.05) is 115 Å². The van der Waals surface area contributed by atoms with Gasteiger partial charge in [-0.1, -0.05) is 122 Å². The summed E-state index contributed by atoms with van der Waals surface area (Å²) in [5, 5.41) is 4.20. The van der Waals surface area contributed by atoms with Crippen LogP contribution in [0, 0.1) is 0 Å². The molecule has 0 saturated carbocycles. The monoisotopic (exact) mass is 944 g/mol. The fourth-order valence-corrected chi connectivity index (χ4v) is 10.1. The van der Waals surface area contributed by atoms with Gasteiger partial charge in [0.05, 0.1) is 27.4 Å². The third-order valence-corrected chi connectivity index (χ3v) is 13.9. The number of hydrogen-bond donors (Lipinski definition) is 1.